The van der Waals surface area contributed by atoms with Crippen molar-refractivity contribution in [3.8, 4) is 0 Å². The summed E-state index contributed by atoms with van der Waals surface area (Å²) in [5.41, 5.74) is 0.386. The largest absolute Gasteiger partial charge is 0.390 e. The van der Waals surface area contributed by atoms with Crippen LogP contribution in [0, 0.1) is 0 Å². The van der Waals surface area contributed by atoms with Crippen molar-refractivity contribution in [2.45, 2.75) is 69.5 Å². The predicted octanol–water partition coefficient (Wildman–Crippen LogP) is 2.00. The van der Waals surface area contributed by atoms with E-state index in [1.165, 1.54) is 0 Å². The number of hydrogen-bond donors (Lipinski definition) is 2. The summed E-state index contributed by atoms with van der Waals surface area (Å²) in [5, 5.41) is 9.32. The Morgan fingerprint density at radius 2 is 2.10 bits per heavy atom. The van der Waals surface area contributed by atoms with Gasteiger partial charge in [0.25, 0.3) is 0 Å². The molecule has 1 saturated carbocycles. The van der Waals surface area contributed by atoms with E-state index in [2.05, 4.69) is 4.72 Å². The minimum Gasteiger partial charge on any atom is -0.390 e. The van der Waals surface area contributed by atoms with Gasteiger partial charge in [-0.25, -0.2) is 13.1 Å². The van der Waals surface area contributed by atoms with Gasteiger partial charge in [0.2, 0.25) is 10.0 Å². The molecule has 1 aromatic rings. The molecule has 2 N–H and O–H groups in total. The zero-order chi connectivity index (χ0) is 14.8. The molecule has 0 atom stereocenters. The number of hydrogen-bond acceptors (Lipinski definition) is 3. The maximum atomic E-state index is 12.5. The summed E-state index contributed by atoms with van der Waals surface area (Å²) in [6.07, 6.45) is 6.23. The van der Waals surface area contributed by atoms with Crippen LogP contribution < -0.4 is 4.72 Å². The number of nitrogens with zero attached hydrogens (tertiary/aromatic N) is 1. The van der Waals surface area contributed by atoms with E-state index in [1.807, 2.05) is 18.4 Å². The standard InChI is InChI=1S/C14H24N2O3S/c1-3-8-16-10-13(9-12(16)11-17)20(18,19)15-14(4-2)6-5-7-14/h9-10,15,17H,3-8,11H2,1-2H3. The normalized spacial score (nSPS) is 17.9. The highest BCUT2D eigenvalue weighted by atomic mass is 32.2. The van der Waals surface area contributed by atoms with Crippen LogP contribution in [0.5, 0.6) is 0 Å². The Morgan fingerprint density at radius 1 is 1.40 bits per heavy atom. The van der Waals surface area contributed by atoms with Crippen molar-refractivity contribution < 1.29 is 13.5 Å². The molecule has 0 amide bonds. The fraction of sp³-hybridized carbons (Fsp3) is 0.714. The van der Waals surface area contributed by atoms with Crippen LogP contribution in [0.2, 0.25) is 0 Å². The number of aromatic nitrogens is 1. The van der Waals surface area contributed by atoms with E-state index in [0.29, 0.717) is 12.2 Å². The van der Waals surface area contributed by atoms with Crippen LogP contribution in [0.25, 0.3) is 0 Å². The summed E-state index contributed by atoms with van der Waals surface area (Å²) >= 11 is 0. The average molecular weight is 300 g/mol. The quantitative estimate of drug-likeness (QED) is 0.809. The van der Waals surface area contributed by atoms with E-state index in [1.54, 1.807) is 12.3 Å². The maximum absolute atomic E-state index is 12.5. The minimum atomic E-state index is -3.50. The summed E-state index contributed by atoms with van der Waals surface area (Å²) < 4.78 is 29.6. The Hall–Kier alpha value is -0.850. The Balaban J connectivity index is 2.25. The Bertz CT molecular complexity index is 553. The Labute approximate surface area is 121 Å². The molecule has 1 fully saturated rings. The van der Waals surface area contributed by atoms with E-state index in [0.717, 1.165) is 32.1 Å². The average Bonchev–Trinajstić information content (AvgIpc) is 2.78. The van der Waals surface area contributed by atoms with Crippen molar-refractivity contribution in [2.75, 3.05) is 0 Å². The first-order chi connectivity index (χ1) is 9.46. The highest BCUT2D eigenvalue weighted by molar-refractivity contribution is 7.89. The van der Waals surface area contributed by atoms with E-state index >= 15 is 0 Å². The fourth-order valence-corrected chi connectivity index (χ4v) is 4.32. The maximum Gasteiger partial charge on any atom is 0.242 e. The topological polar surface area (TPSA) is 71.3 Å². The molecule has 1 heterocycles. The summed E-state index contributed by atoms with van der Waals surface area (Å²) in [5.74, 6) is 0. The fourth-order valence-electron chi connectivity index (χ4n) is 2.73. The molecular formula is C14H24N2O3S. The number of aryl methyl sites for hydroxylation is 1. The molecule has 0 unspecified atom stereocenters. The SMILES string of the molecule is CCCn1cc(S(=O)(=O)NC2(CC)CCC2)cc1CO. The molecule has 5 nitrogen and oxygen atoms in total. The van der Waals surface area contributed by atoms with Gasteiger partial charge in [-0.05, 0) is 38.2 Å². The minimum absolute atomic E-state index is 0.144. The summed E-state index contributed by atoms with van der Waals surface area (Å²) in [6, 6.07) is 1.57. The van der Waals surface area contributed by atoms with Crippen LogP contribution in [-0.2, 0) is 23.2 Å². The van der Waals surface area contributed by atoms with Crippen molar-refractivity contribution >= 4 is 10.0 Å². The van der Waals surface area contributed by atoms with Gasteiger partial charge in [-0.1, -0.05) is 13.8 Å². The molecule has 0 aliphatic heterocycles. The van der Waals surface area contributed by atoms with Gasteiger partial charge in [-0.15, -0.1) is 0 Å². The second-order valence-corrected chi connectivity index (χ2v) is 7.29. The molecule has 0 aromatic carbocycles. The van der Waals surface area contributed by atoms with Gasteiger partial charge < -0.3 is 9.67 Å². The van der Waals surface area contributed by atoms with E-state index < -0.39 is 10.0 Å². The highest BCUT2D eigenvalue weighted by Crippen LogP contribution is 2.36. The van der Waals surface area contributed by atoms with E-state index in [-0.39, 0.29) is 17.0 Å². The molecule has 0 bridgehead atoms. The number of nitrogens with one attached hydrogen (secondary N) is 1. The monoisotopic (exact) mass is 300 g/mol. The highest BCUT2D eigenvalue weighted by Gasteiger charge is 2.39. The predicted molar refractivity (Wildman–Crippen MR) is 77.8 cm³/mol. The smallest absolute Gasteiger partial charge is 0.242 e. The van der Waals surface area contributed by atoms with Gasteiger partial charge in [-0.2, -0.15) is 0 Å². The molecule has 6 heteroatoms. The summed E-state index contributed by atoms with van der Waals surface area (Å²) in [4.78, 5) is 0.259. The van der Waals surface area contributed by atoms with Gasteiger partial charge in [0.15, 0.2) is 0 Å². The third-order valence-electron chi connectivity index (χ3n) is 4.24. The zero-order valence-corrected chi connectivity index (χ0v) is 13.0. The van der Waals surface area contributed by atoms with Gasteiger partial charge in [0.05, 0.1) is 11.5 Å². The van der Waals surface area contributed by atoms with Crippen molar-refractivity contribution in [3.05, 3.63) is 18.0 Å². The third-order valence-corrected chi connectivity index (χ3v) is 5.78. The third kappa shape index (κ3) is 2.92. The lowest BCUT2D eigenvalue weighted by molar-refractivity contribution is 0.214. The van der Waals surface area contributed by atoms with Crippen molar-refractivity contribution in [3.63, 3.8) is 0 Å². The lowest BCUT2D eigenvalue weighted by Crippen LogP contribution is -2.52. The first-order valence-corrected chi connectivity index (χ1v) is 8.78. The lowest BCUT2D eigenvalue weighted by Gasteiger charge is -2.41. The summed E-state index contributed by atoms with van der Waals surface area (Å²) in [6.45, 7) is 4.61. The number of aliphatic hydroxyl groups is 1. The van der Waals surface area contributed by atoms with Crippen LogP contribution in [0.15, 0.2) is 17.2 Å². The van der Waals surface area contributed by atoms with Crippen molar-refractivity contribution in [2.24, 2.45) is 0 Å². The first-order valence-electron chi connectivity index (χ1n) is 7.30. The second-order valence-electron chi connectivity index (χ2n) is 5.61. The van der Waals surface area contributed by atoms with Crippen molar-refractivity contribution in [1.82, 2.24) is 9.29 Å². The lowest BCUT2D eigenvalue weighted by atomic mass is 9.76. The summed E-state index contributed by atoms with van der Waals surface area (Å²) in [7, 11) is -3.50. The van der Waals surface area contributed by atoms with Crippen LogP contribution >= 0.6 is 0 Å². The molecule has 1 aromatic heterocycles. The van der Waals surface area contributed by atoms with Crippen molar-refractivity contribution in [1.29, 1.82) is 0 Å². The zero-order valence-electron chi connectivity index (χ0n) is 12.2. The molecule has 0 spiro atoms. The molecule has 1 aliphatic rings. The number of sulfonamides is 1. The van der Waals surface area contributed by atoms with Gasteiger partial charge >= 0.3 is 0 Å². The van der Waals surface area contributed by atoms with Crippen LogP contribution in [-0.4, -0.2) is 23.6 Å². The molecule has 2 rings (SSSR count). The molecule has 114 valence electrons. The van der Waals surface area contributed by atoms with E-state index in [9.17, 15) is 13.5 Å². The Kier molecular flexibility index (Phi) is 4.56. The van der Waals surface area contributed by atoms with Crippen LogP contribution in [0.4, 0.5) is 0 Å². The van der Waals surface area contributed by atoms with Gasteiger partial charge in [0.1, 0.15) is 0 Å². The van der Waals surface area contributed by atoms with Crippen LogP contribution in [0.1, 0.15) is 51.6 Å². The first kappa shape index (κ1) is 15.5. The number of rotatable bonds is 7. The van der Waals surface area contributed by atoms with Gasteiger partial charge in [-0.3, -0.25) is 0 Å². The molecule has 1 aliphatic carbocycles. The Morgan fingerprint density at radius 3 is 2.55 bits per heavy atom. The van der Waals surface area contributed by atoms with Gasteiger partial charge in [0, 0.05) is 24.0 Å². The molecule has 0 radical (unpaired) electrons. The molecule has 0 saturated heterocycles. The second kappa shape index (κ2) is 5.87. The van der Waals surface area contributed by atoms with Crippen LogP contribution in [0.3, 0.4) is 0 Å². The number of aliphatic hydroxyl groups excluding tert-OH is 1. The van der Waals surface area contributed by atoms with E-state index in [4.69, 9.17) is 0 Å². The molecular weight excluding hydrogens is 276 g/mol. The molecule has 20 heavy (non-hydrogen) atoms.